The fraction of sp³-hybridized carbons (Fsp3) is 0.200. The molecule has 0 amide bonds. The number of carboxylic acid groups (broad SMARTS) is 1. The van der Waals surface area contributed by atoms with Gasteiger partial charge in [-0.15, -0.1) is 11.8 Å². The zero-order chi connectivity index (χ0) is 14.4. The second-order valence-electron chi connectivity index (χ2n) is 4.20. The zero-order valence-corrected chi connectivity index (χ0v) is 11.9. The van der Waals surface area contributed by atoms with Gasteiger partial charge in [0, 0.05) is 11.9 Å². The van der Waals surface area contributed by atoms with Crippen LogP contribution in [0, 0.1) is 6.92 Å². The van der Waals surface area contributed by atoms with Gasteiger partial charge in [0.05, 0.1) is 17.2 Å². The van der Waals surface area contributed by atoms with E-state index in [1.165, 1.54) is 23.5 Å². The molecule has 1 heterocycles. The molecule has 1 aromatic carbocycles. The second-order valence-corrected chi connectivity index (χ2v) is 5.32. The molecule has 0 saturated carbocycles. The van der Waals surface area contributed by atoms with E-state index in [0.717, 1.165) is 16.5 Å². The predicted molar refractivity (Wildman–Crippen MR) is 78.6 cm³/mol. The molecule has 0 atom stereocenters. The van der Waals surface area contributed by atoms with Gasteiger partial charge in [-0.2, -0.15) is 0 Å². The molecule has 2 rings (SSSR count). The zero-order valence-electron chi connectivity index (χ0n) is 11.1. The first-order valence-corrected chi connectivity index (χ1v) is 7.15. The van der Waals surface area contributed by atoms with Crippen molar-refractivity contribution in [1.82, 2.24) is 4.98 Å². The number of ether oxygens (including phenoxy) is 1. The van der Waals surface area contributed by atoms with Crippen LogP contribution in [-0.2, 0) is 0 Å². The lowest BCUT2D eigenvalue weighted by Crippen LogP contribution is -2.01. The molecule has 0 saturated heterocycles. The van der Waals surface area contributed by atoms with Crippen LogP contribution >= 0.6 is 11.8 Å². The van der Waals surface area contributed by atoms with Crippen LogP contribution in [0.1, 0.15) is 15.9 Å². The molecule has 5 heteroatoms. The third-order valence-corrected chi connectivity index (χ3v) is 3.48. The van der Waals surface area contributed by atoms with E-state index in [4.69, 9.17) is 9.84 Å². The molecule has 0 bridgehead atoms. The Labute approximate surface area is 121 Å². The van der Waals surface area contributed by atoms with Crippen LogP contribution in [-0.4, -0.2) is 28.4 Å². The molecule has 104 valence electrons. The fourth-order valence-electron chi connectivity index (χ4n) is 1.60. The maximum absolute atomic E-state index is 10.7. The quantitative estimate of drug-likeness (QED) is 0.653. The number of hydrogen-bond donors (Lipinski definition) is 1. The van der Waals surface area contributed by atoms with Crippen molar-refractivity contribution in [2.24, 2.45) is 0 Å². The molecule has 0 aliphatic carbocycles. The van der Waals surface area contributed by atoms with Gasteiger partial charge in [0.25, 0.3) is 0 Å². The summed E-state index contributed by atoms with van der Waals surface area (Å²) in [6.45, 7) is 2.60. The Balaban J connectivity index is 1.77. The summed E-state index contributed by atoms with van der Waals surface area (Å²) in [5.74, 6) is 0.657. The number of carboxylic acids is 1. The first-order chi connectivity index (χ1) is 9.65. The van der Waals surface area contributed by atoms with E-state index in [1.54, 1.807) is 12.1 Å². The minimum absolute atomic E-state index is 0.199. The SMILES string of the molecule is Cc1cccc(OCCSc2ccc(C(=O)O)cn2)c1. The third kappa shape index (κ3) is 4.28. The normalized spacial score (nSPS) is 10.2. The monoisotopic (exact) mass is 289 g/mol. The van der Waals surface area contributed by atoms with E-state index in [0.29, 0.717) is 6.61 Å². The first-order valence-electron chi connectivity index (χ1n) is 6.17. The maximum Gasteiger partial charge on any atom is 0.337 e. The number of thioether (sulfide) groups is 1. The van der Waals surface area contributed by atoms with Crippen molar-refractivity contribution in [3.63, 3.8) is 0 Å². The molecule has 0 spiro atoms. The van der Waals surface area contributed by atoms with Crippen LogP contribution in [0.2, 0.25) is 0 Å². The molecule has 1 N–H and O–H groups in total. The number of carbonyl (C=O) groups is 1. The van der Waals surface area contributed by atoms with Gasteiger partial charge in [-0.05, 0) is 36.8 Å². The molecule has 0 aliphatic rings. The molecule has 0 fully saturated rings. The third-order valence-electron chi connectivity index (χ3n) is 2.57. The lowest BCUT2D eigenvalue weighted by Gasteiger charge is -2.06. The van der Waals surface area contributed by atoms with Gasteiger partial charge in [0.2, 0.25) is 0 Å². The summed E-state index contributed by atoms with van der Waals surface area (Å²) in [5, 5.41) is 9.57. The number of benzene rings is 1. The molecule has 0 aliphatic heterocycles. The highest BCUT2D eigenvalue weighted by Crippen LogP contribution is 2.17. The minimum atomic E-state index is -0.961. The van der Waals surface area contributed by atoms with Crippen LogP contribution in [0.5, 0.6) is 5.75 Å². The number of aryl methyl sites for hydroxylation is 1. The van der Waals surface area contributed by atoms with Crippen molar-refractivity contribution in [2.45, 2.75) is 11.9 Å². The number of aromatic nitrogens is 1. The van der Waals surface area contributed by atoms with Crippen molar-refractivity contribution in [3.05, 3.63) is 53.7 Å². The largest absolute Gasteiger partial charge is 0.493 e. The van der Waals surface area contributed by atoms with E-state index in [9.17, 15) is 4.79 Å². The highest BCUT2D eigenvalue weighted by atomic mass is 32.2. The number of aromatic carboxylic acids is 1. The van der Waals surface area contributed by atoms with Gasteiger partial charge in [-0.25, -0.2) is 9.78 Å². The lowest BCUT2D eigenvalue weighted by atomic mass is 10.2. The van der Waals surface area contributed by atoms with E-state index in [2.05, 4.69) is 4.98 Å². The molecule has 1 aromatic heterocycles. The molecular formula is C15H15NO3S. The van der Waals surface area contributed by atoms with Gasteiger partial charge >= 0.3 is 5.97 Å². The minimum Gasteiger partial charge on any atom is -0.493 e. The topological polar surface area (TPSA) is 59.4 Å². The van der Waals surface area contributed by atoms with E-state index in [1.807, 2.05) is 31.2 Å². The Bertz CT molecular complexity index is 584. The molecule has 0 unspecified atom stereocenters. The molecule has 4 nitrogen and oxygen atoms in total. The molecular weight excluding hydrogens is 274 g/mol. The Morgan fingerprint density at radius 1 is 1.35 bits per heavy atom. The highest BCUT2D eigenvalue weighted by molar-refractivity contribution is 7.99. The smallest absolute Gasteiger partial charge is 0.337 e. The fourth-order valence-corrected chi connectivity index (χ4v) is 2.27. The van der Waals surface area contributed by atoms with Crippen molar-refractivity contribution >= 4 is 17.7 Å². The summed E-state index contributed by atoms with van der Waals surface area (Å²) in [4.78, 5) is 14.8. The molecule has 0 radical (unpaired) electrons. The summed E-state index contributed by atoms with van der Waals surface area (Å²) in [5.41, 5.74) is 1.37. The van der Waals surface area contributed by atoms with Crippen LogP contribution < -0.4 is 4.74 Å². The number of rotatable bonds is 6. The number of hydrogen-bond acceptors (Lipinski definition) is 4. The Hall–Kier alpha value is -2.01. The van der Waals surface area contributed by atoms with Gasteiger partial charge in [-0.3, -0.25) is 0 Å². The van der Waals surface area contributed by atoms with Gasteiger partial charge in [-0.1, -0.05) is 12.1 Å². The summed E-state index contributed by atoms with van der Waals surface area (Å²) in [6.07, 6.45) is 1.37. The summed E-state index contributed by atoms with van der Waals surface area (Å²) in [7, 11) is 0. The summed E-state index contributed by atoms with van der Waals surface area (Å²) < 4.78 is 5.63. The first kappa shape index (κ1) is 14.4. The van der Waals surface area contributed by atoms with Crippen molar-refractivity contribution in [3.8, 4) is 5.75 Å². The van der Waals surface area contributed by atoms with Crippen LogP contribution in [0.15, 0.2) is 47.6 Å². The molecule has 2 aromatic rings. The van der Waals surface area contributed by atoms with Gasteiger partial charge in [0.1, 0.15) is 5.75 Å². The van der Waals surface area contributed by atoms with Gasteiger partial charge < -0.3 is 9.84 Å². The lowest BCUT2D eigenvalue weighted by molar-refractivity contribution is 0.0696. The van der Waals surface area contributed by atoms with Crippen molar-refractivity contribution in [2.75, 3.05) is 12.4 Å². The molecule has 20 heavy (non-hydrogen) atoms. The van der Waals surface area contributed by atoms with Gasteiger partial charge in [0.15, 0.2) is 0 Å². The van der Waals surface area contributed by atoms with Crippen molar-refractivity contribution in [1.29, 1.82) is 0 Å². The predicted octanol–water partition coefficient (Wildman–Crippen LogP) is 3.26. The summed E-state index contributed by atoms with van der Waals surface area (Å²) in [6, 6.07) is 11.2. The Morgan fingerprint density at radius 3 is 2.85 bits per heavy atom. The Morgan fingerprint density at radius 2 is 2.20 bits per heavy atom. The standard InChI is InChI=1S/C15H15NO3S/c1-11-3-2-4-13(9-11)19-7-8-20-14-6-5-12(10-16-14)15(17)18/h2-6,9-10H,7-8H2,1H3,(H,17,18). The number of pyridine rings is 1. The van der Waals surface area contributed by atoms with E-state index in [-0.39, 0.29) is 5.56 Å². The second kappa shape index (κ2) is 6.96. The van der Waals surface area contributed by atoms with Crippen LogP contribution in [0.3, 0.4) is 0 Å². The number of nitrogens with zero attached hydrogens (tertiary/aromatic N) is 1. The highest BCUT2D eigenvalue weighted by Gasteiger charge is 2.03. The average Bonchev–Trinajstić information content (AvgIpc) is 2.44. The Kier molecular flexibility index (Phi) is 5.01. The average molecular weight is 289 g/mol. The van der Waals surface area contributed by atoms with Crippen LogP contribution in [0.4, 0.5) is 0 Å². The van der Waals surface area contributed by atoms with E-state index < -0.39 is 5.97 Å². The maximum atomic E-state index is 10.7. The van der Waals surface area contributed by atoms with E-state index >= 15 is 0 Å². The summed E-state index contributed by atoms with van der Waals surface area (Å²) >= 11 is 1.54. The van der Waals surface area contributed by atoms with Crippen LogP contribution in [0.25, 0.3) is 0 Å². The van der Waals surface area contributed by atoms with Crippen molar-refractivity contribution < 1.29 is 14.6 Å².